The van der Waals surface area contributed by atoms with Gasteiger partial charge in [-0.2, -0.15) is 0 Å². The molecule has 0 aliphatic heterocycles. The summed E-state index contributed by atoms with van der Waals surface area (Å²) in [4.78, 5) is 16.0. The van der Waals surface area contributed by atoms with E-state index < -0.39 is 0 Å². The van der Waals surface area contributed by atoms with E-state index in [1.54, 1.807) is 0 Å². The van der Waals surface area contributed by atoms with Crippen molar-refractivity contribution >= 4 is 85.6 Å². The number of thiophene rings is 1. The molecule has 0 saturated carbocycles. The van der Waals surface area contributed by atoms with Gasteiger partial charge in [0.15, 0.2) is 17.5 Å². The summed E-state index contributed by atoms with van der Waals surface area (Å²) in [6.07, 6.45) is 0. The zero-order valence-corrected chi connectivity index (χ0v) is 34.1. The van der Waals surface area contributed by atoms with Gasteiger partial charge < -0.3 is 4.57 Å². The predicted molar refractivity (Wildman–Crippen MR) is 261 cm³/mol. The largest absolute Gasteiger partial charge is 0.309 e. The van der Waals surface area contributed by atoms with E-state index in [1.165, 1.54) is 58.2 Å². The average molecular weight is 807 g/mol. The first-order valence-corrected chi connectivity index (χ1v) is 21.8. The molecule has 0 N–H and O–H groups in total. The minimum absolute atomic E-state index is 0.641. The molecular weight excluding hydrogens is 773 g/mol. The first-order chi connectivity index (χ1) is 30.7. The molecular formula is C57H34N4S. The maximum atomic E-state index is 5.42. The molecule has 0 atom stereocenters. The topological polar surface area (TPSA) is 43.6 Å². The summed E-state index contributed by atoms with van der Waals surface area (Å²) in [6.45, 7) is 0. The van der Waals surface area contributed by atoms with Crippen LogP contribution >= 0.6 is 11.3 Å². The van der Waals surface area contributed by atoms with E-state index in [9.17, 15) is 0 Å². The molecule has 0 radical (unpaired) electrons. The molecule has 0 saturated heterocycles. The van der Waals surface area contributed by atoms with Crippen molar-refractivity contribution < 1.29 is 0 Å². The van der Waals surface area contributed by atoms with Crippen LogP contribution in [0, 0.1) is 0 Å². The highest BCUT2D eigenvalue weighted by molar-refractivity contribution is 7.26. The maximum absolute atomic E-state index is 5.42. The van der Waals surface area contributed by atoms with E-state index in [0.29, 0.717) is 17.5 Å². The molecule has 13 rings (SSSR count). The van der Waals surface area contributed by atoms with Gasteiger partial charge in [0.05, 0.1) is 11.0 Å². The van der Waals surface area contributed by atoms with Gasteiger partial charge in [-0.25, -0.2) is 15.0 Å². The Morgan fingerprint density at radius 2 is 0.823 bits per heavy atom. The Hall–Kier alpha value is -7.99. The second kappa shape index (κ2) is 13.8. The summed E-state index contributed by atoms with van der Waals surface area (Å²) in [5, 5.41) is 12.3. The molecule has 3 heterocycles. The van der Waals surface area contributed by atoms with Gasteiger partial charge in [-0.3, -0.25) is 0 Å². The van der Waals surface area contributed by atoms with Crippen LogP contribution in [0.25, 0.3) is 125 Å². The standard InChI is InChI=1S/C57H34N4S/c1-3-15-35(16-4-1)55-58-56(45-24-13-27-50-53(45)44-23-11-12-26-49(44)61(50)38-17-5-2-6-18-38)60-57(59-55)46-25-14-28-52-54(46)48-34-37(30-32-51(48)62-52)36-29-31-43-41-21-8-7-19-39(41)40-20-9-10-22-42(40)47(43)33-36/h1-34H. The van der Waals surface area contributed by atoms with E-state index in [4.69, 9.17) is 15.0 Å². The van der Waals surface area contributed by atoms with Crippen LogP contribution in [0.5, 0.6) is 0 Å². The number of hydrogen-bond donors (Lipinski definition) is 0. The molecule has 0 spiro atoms. The third-order valence-corrected chi connectivity index (χ3v) is 13.6. The average Bonchev–Trinajstić information content (AvgIpc) is 3.90. The monoisotopic (exact) mass is 806 g/mol. The molecule has 0 amide bonds. The van der Waals surface area contributed by atoms with E-state index in [1.807, 2.05) is 29.5 Å². The van der Waals surface area contributed by atoms with Crippen LogP contribution in [-0.2, 0) is 0 Å². The zero-order chi connectivity index (χ0) is 40.7. The lowest BCUT2D eigenvalue weighted by atomic mass is 9.92. The van der Waals surface area contributed by atoms with E-state index >= 15 is 0 Å². The molecule has 4 nitrogen and oxygen atoms in total. The number of hydrogen-bond acceptors (Lipinski definition) is 4. The van der Waals surface area contributed by atoms with Gasteiger partial charge in [0.1, 0.15) is 0 Å². The molecule has 0 fully saturated rings. The summed E-state index contributed by atoms with van der Waals surface area (Å²) < 4.78 is 4.76. The van der Waals surface area contributed by atoms with Crippen LogP contribution in [-0.4, -0.2) is 19.5 Å². The highest BCUT2D eigenvalue weighted by Crippen LogP contribution is 2.44. The third-order valence-electron chi connectivity index (χ3n) is 12.4. The van der Waals surface area contributed by atoms with Crippen molar-refractivity contribution in [1.82, 2.24) is 19.5 Å². The predicted octanol–water partition coefficient (Wildman–Crippen LogP) is 15.5. The summed E-state index contributed by atoms with van der Waals surface area (Å²) >= 11 is 1.81. The fourth-order valence-corrected chi connectivity index (χ4v) is 10.8. The van der Waals surface area contributed by atoms with Crippen LogP contribution in [0.3, 0.4) is 0 Å². The molecule has 13 aromatic rings. The van der Waals surface area contributed by atoms with Gasteiger partial charge in [0.25, 0.3) is 0 Å². The molecule has 5 heteroatoms. The molecule has 0 unspecified atom stereocenters. The number of benzene rings is 10. The molecule has 62 heavy (non-hydrogen) atoms. The van der Waals surface area contributed by atoms with Crippen molar-refractivity contribution in [3.63, 3.8) is 0 Å². The lowest BCUT2D eigenvalue weighted by molar-refractivity contribution is 1.08. The van der Waals surface area contributed by atoms with Gasteiger partial charge in [0.2, 0.25) is 0 Å². The van der Waals surface area contributed by atoms with Gasteiger partial charge in [-0.15, -0.1) is 11.3 Å². The van der Waals surface area contributed by atoms with Gasteiger partial charge in [-0.1, -0.05) is 158 Å². The molecule has 0 aliphatic carbocycles. The van der Waals surface area contributed by atoms with Crippen molar-refractivity contribution in [3.8, 4) is 51.0 Å². The van der Waals surface area contributed by atoms with E-state index in [2.05, 4.69) is 193 Å². The Morgan fingerprint density at radius 3 is 1.53 bits per heavy atom. The second-order valence-corrected chi connectivity index (χ2v) is 17.0. The number of rotatable bonds is 5. The maximum Gasteiger partial charge on any atom is 0.164 e. The molecule has 0 aliphatic rings. The normalized spacial score (nSPS) is 11.9. The van der Waals surface area contributed by atoms with Crippen LogP contribution < -0.4 is 0 Å². The van der Waals surface area contributed by atoms with E-state index in [0.717, 1.165) is 49.6 Å². The van der Waals surface area contributed by atoms with Crippen molar-refractivity contribution in [2.45, 2.75) is 0 Å². The van der Waals surface area contributed by atoms with Crippen LogP contribution in [0.4, 0.5) is 0 Å². The van der Waals surface area contributed by atoms with Crippen LogP contribution in [0.1, 0.15) is 0 Å². The van der Waals surface area contributed by atoms with Crippen LogP contribution in [0.2, 0.25) is 0 Å². The molecule has 0 bridgehead atoms. The Labute approximate surface area is 360 Å². The zero-order valence-electron chi connectivity index (χ0n) is 33.3. The summed E-state index contributed by atoms with van der Waals surface area (Å²) in [5.41, 5.74) is 8.61. The Kier molecular flexibility index (Phi) is 7.74. The third kappa shape index (κ3) is 5.35. The number of para-hydroxylation sites is 2. The minimum Gasteiger partial charge on any atom is -0.309 e. The Bertz CT molecular complexity index is 3890. The SMILES string of the molecule is c1ccc(-c2nc(-c3cccc4sc5ccc(-c6ccc7c8ccccc8c8ccccc8c7c6)cc5c34)nc(-c3cccc4c3c3ccccc3n4-c3ccccc3)n2)cc1. The van der Waals surface area contributed by atoms with Crippen molar-refractivity contribution in [2.75, 3.05) is 0 Å². The number of aromatic nitrogens is 4. The summed E-state index contributed by atoms with van der Waals surface area (Å²) in [5.74, 6) is 1.93. The summed E-state index contributed by atoms with van der Waals surface area (Å²) in [7, 11) is 0. The number of fused-ring (bicyclic) bond motifs is 12. The van der Waals surface area contributed by atoms with Crippen molar-refractivity contribution in [1.29, 1.82) is 0 Å². The van der Waals surface area contributed by atoms with Gasteiger partial charge in [0, 0.05) is 53.3 Å². The first-order valence-electron chi connectivity index (χ1n) is 20.9. The smallest absolute Gasteiger partial charge is 0.164 e. The fourth-order valence-electron chi connectivity index (χ4n) is 9.67. The Morgan fingerprint density at radius 1 is 0.306 bits per heavy atom. The molecule has 3 aromatic heterocycles. The minimum atomic E-state index is 0.641. The lowest BCUT2D eigenvalue weighted by Crippen LogP contribution is -2.01. The molecule has 288 valence electrons. The highest BCUT2D eigenvalue weighted by atomic mass is 32.1. The van der Waals surface area contributed by atoms with Crippen molar-refractivity contribution in [3.05, 3.63) is 206 Å². The first kappa shape index (κ1) is 34.8. The van der Waals surface area contributed by atoms with Gasteiger partial charge in [-0.05, 0) is 92.0 Å². The quantitative estimate of drug-likeness (QED) is 0.163. The van der Waals surface area contributed by atoms with Crippen LogP contribution in [0.15, 0.2) is 206 Å². The highest BCUT2D eigenvalue weighted by Gasteiger charge is 2.21. The fraction of sp³-hybridized carbons (Fsp3) is 0. The lowest BCUT2D eigenvalue weighted by Gasteiger charge is -2.12. The van der Waals surface area contributed by atoms with E-state index in [-0.39, 0.29) is 0 Å². The summed E-state index contributed by atoms with van der Waals surface area (Å²) in [6, 6.07) is 73.8. The van der Waals surface area contributed by atoms with Gasteiger partial charge >= 0.3 is 0 Å². The second-order valence-electron chi connectivity index (χ2n) is 15.9. The Balaban J connectivity index is 1.03. The number of nitrogens with zero attached hydrogens (tertiary/aromatic N) is 4. The van der Waals surface area contributed by atoms with Crippen molar-refractivity contribution in [2.24, 2.45) is 0 Å². The molecule has 10 aromatic carbocycles.